The molecule has 4 atom stereocenters. The molecule has 2 bridgehead atoms. The van der Waals surface area contributed by atoms with Gasteiger partial charge in [-0.1, -0.05) is 31.5 Å². The first-order valence-corrected chi connectivity index (χ1v) is 9.46. The minimum atomic E-state index is -0.255. The minimum Gasteiger partial charge on any atom is -0.469 e. The van der Waals surface area contributed by atoms with Gasteiger partial charge >= 0.3 is 5.97 Å². The number of fused-ring (bicyclic) bond motifs is 5. The number of piperidine rings is 1. The predicted molar refractivity (Wildman–Crippen MR) is 100 cm³/mol. The Kier molecular flexibility index (Phi) is 4.35. The number of carbonyl (C=O) groups is 2. The number of benzene rings is 1. The highest BCUT2D eigenvalue weighted by molar-refractivity contribution is 6.03. The lowest BCUT2D eigenvalue weighted by atomic mass is 9.67. The average Bonchev–Trinajstić information content (AvgIpc) is 3.01. The predicted octanol–water partition coefficient (Wildman–Crippen LogP) is 3.04. The Balaban J connectivity index is 1.88. The second-order valence-corrected chi connectivity index (χ2v) is 7.74. The number of esters is 1. The molecule has 2 aromatic rings. The van der Waals surface area contributed by atoms with Crippen molar-refractivity contribution in [2.45, 2.75) is 32.2 Å². The molecule has 0 saturated carbocycles. The molecule has 5 heteroatoms. The number of hydrogen-bond donors (Lipinski definition) is 1. The molecule has 2 aliphatic rings. The van der Waals surface area contributed by atoms with Crippen LogP contribution in [-0.2, 0) is 16.0 Å². The first kappa shape index (κ1) is 17.3. The van der Waals surface area contributed by atoms with Crippen molar-refractivity contribution >= 4 is 22.7 Å². The number of rotatable bonds is 2. The molecule has 138 valence electrons. The first-order valence-electron chi connectivity index (χ1n) is 9.46. The maximum Gasteiger partial charge on any atom is 0.310 e. The summed E-state index contributed by atoms with van der Waals surface area (Å²) in [6.45, 7) is 3.06. The van der Waals surface area contributed by atoms with Crippen LogP contribution in [0.1, 0.15) is 35.8 Å². The van der Waals surface area contributed by atoms with Crippen molar-refractivity contribution in [2.75, 3.05) is 20.7 Å². The molecule has 1 aliphatic heterocycles. The maximum absolute atomic E-state index is 13.1. The van der Waals surface area contributed by atoms with Gasteiger partial charge in [0.1, 0.15) is 0 Å². The summed E-state index contributed by atoms with van der Waals surface area (Å²) in [4.78, 5) is 31.5. The third kappa shape index (κ3) is 2.57. The van der Waals surface area contributed by atoms with E-state index in [0.717, 1.165) is 35.1 Å². The van der Waals surface area contributed by atoms with Gasteiger partial charge in [-0.05, 0) is 36.9 Å². The second kappa shape index (κ2) is 6.54. The summed E-state index contributed by atoms with van der Waals surface area (Å²) < 4.78 is 5.17. The average molecular weight is 354 g/mol. The summed E-state index contributed by atoms with van der Waals surface area (Å²) in [7, 11) is 3.55. The highest BCUT2D eigenvalue weighted by atomic mass is 16.5. The fourth-order valence-corrected chi connectivity index (χ4v) is 5.15. The molecule has 0 radical (unpaired) electrons. The fraction of sp³-hybridized carbons (Fsp3) is 0.524. The Morgan fingerprint density at radius 2 is 2.08 bits per heavy atom. The van der Waals surface area contributed by atoms with Gasteiger partial charge in [-0.25, -0.2) is 0 Å². The van der Waals surface area contributed by atoms with Gasteiger partial charge in [0.25, 0.3) is 0 Å². The van der Waals surface area contributed by atoms with Crippen molar-refractivity contribution in [3.05, 3.63) is 35.5 Å². The third-order valence-corrected chi connectivity index (χ3v) is 6.49. The van der Waals surface area contributed by atoms with Gasteiger partial charge in [0.15, 0.2) is 5.78 Å². The van der Waals surface area contributed by atoms with E-state index in [1.165, 1.54) is 7.11 Å². The quantitative estimate of drug-likeness (QED) is 0.842. The smallest absolute Gasteiger partial charge is 0.310 e. The zero-order chi connectivity index (χ0) is 18.4. The summed E-state index contributed by atoms with van der Waals surface area (Å²) in [6, 6.07) is 8.10. The summed E-state index contributed by atoms with van der Waals surface area (Å²) in [5, 5.41) is 1.09. The van der Waals surface area contributed by atoms with E-state index in [1.54, 1.807) is 0 Å². The standard InChI is InChI=1S/C21H26N2O3/c1-4-12-11-23(2)17-9-15-13-7-5-6-8-16(13)22-20(15)18(24)10-14(12)19(17)21(25)26-3/h5-8,12,14,17,19,22H,4,9-11H2,1-3H3/t12-,14-,17+,19+/m1/s1. The number of para-hydroxylation sites is 1. The monoisotopic (exact) mass is 354 g/mol. The normalized spacial score (nSPS) is 29.1. The molecule has 0 unspecified atom stereocenters. The lowest BCUT2D eigenvalue weighted by Crippen LogP contribution is -2.56. The van der Waals surface area contributed by atoms with Gasteiger partial charge in [0, 0.05) is 29.9 Å². The van der Waals surface area contributed by atoms with Crippen molar-refractivity contribution in [3.8, 4) is 0 Å². The van der Waals surface area contributed by atoms with E-state index in [9.17, 15) is 9.59 Å². The minimum absolute atomic E-state index is 0.0423. The molecule has 1 saturated heterocycles. The summed E-state index contributed by atoms with van der Waals surface area (Å²) in [5.74, 6) is 0.0584. The largest absolute Gasteiger partial charge is 0.469 e. The van der Waals surface area contributed by atoms with Crippen LogP contribution in [0.2, 0.25) is 0 Å². The van der Waals surface area contributed by atoms with E-state index < -0.39 is 0 Å². The lowest BCUT2D eigenvalue weighted by Gasteiger charge is -2.47. The number of aromatic amines is 1. The topological polar surface area (TPSA) is 62.4 Å². The molecule has 4 rings (SSSR count). The van der Waals surface area contributed by atoms with Crippen LogP contribution in [0.3, 0.4) is 0 Å². The van der Waals surface area contributed by atoms with Crippen LogP contribution in [0.15, 0.2) is 24.3 Å². The van der Waals surface area contributed by atoms with E-state index in [-0.39, 0.29) is 29.6 Å². The van der Waals surface area contributed by atoms with Crippen molar-refractivity contribution in [3.63, 3.8) is 0 Å². The molecule has 5 nitrogen and oxygen atoms in total. The number of ketones is 1. The van der Waals surface area contributed by atoms with Crippen molar-refractivity contribution < 1.29 is 14.3 Å². The van der Waals surface area contributed by atoms with Gasteiger partial charge in [-0.2, -0.15) is 0 Å². The molecular weight excluding hydrogens is 328 g/mol. The van der Waals surface area contributed by atoms with Crippen LogP contribution in [0.5, 0.6) is 0 Å². The Labute approximate surface area is 153 Å². The summed E-state index contributed by atoms with van der Waals surface area (Å²) >= 11 is 0. The molecule has 0 spiro atoms. The number of methoxy groups -OCH3 is 1. The highest BCUT2D eigenvalue weighted by Gasteiger charge is 2.48. The van der Waals surface area contributed by atoms with Gasteiger partial charge in [-0.15, -0.1) is 0 Å². The first-order chi connectivity index (χ1) is 12.5. The van der Waals surface area contributed by atoms with E-state index in [4.69, 9.17) is 4.74 Å². The number of aromatic nitrogens is 1. The molecule has 1 fully saturated rings. The molecule has 1 aromatic carbocycles. The number of ether oxygens (including phenoxy) is 1. The number of Topliss-reactive ketones (excluding diaryl/α,β-unsaturated/α-hetero) is 1. The number of nitrogens with zero attached hydrogens (tertiary/aromatic N) is 1. The Morgan fingerprint density at radius 1 is 1.31 bits per heavy atom. The number of carbonyl (C=O) groups excluding carboxylic acids is 2. The molecule has 1 aromatic heterocycles. The van der Waals surface area contributed by atoms with E-state index in [2.05, 4.69) is 29.9 Å². The van der Waals surface area contributed by atoms with Crippen LogP contribution in [0.25, 0.3) is 10.9 Å². The third-order valence-electron chi connectivity index (χ3n) is 6.49. The van der Waals surface area contributed by atoms with Crippen LogP contribution in [0.4, 0.5) is 0 Å². The number of nitrogens with one attached hydrogen (secondary N) is 1. The SMILES string of the molecule is CC[C@@H]1CN(C)[C@H]2Cc3c([nH]c4ccccc34)C(=O)C[C@H]1[C@@H]2C(=O)OC. The number of hydrogen-bond acceptors (Lipinski definition) is 4. The molecule has 26 heavy (non-hydrogen) atoms. The van der Waals surface area contributed by atoms with Crippen LogP contribution in [0, 0.1) is 17.8 Å². The number of likely N-dealkylation sites (N-methyl/N-ethyl adjacent to an activating group) is 1. The van der Waals surface area contributed by atoms with Crippen molar-refractivity contribution in [1.82, 2.24) is 9.88 Å². The molecular formula is C21H26N2O3. The molecule has 2 heterocycles. The lowest BCUT2D eigenvalue weighted by molar-refractivity contribution is -0.154. The van der Waals surface area contributed by atoms with Crippen LogP contribution < -0.4 is 0 Å². The van der Waals surface area contributed by atoms with E-state index in [0.29, 0.717) is 18.8 Å². The highest BCUT2D eigenvalue weighted by Crippen LogP contribution is 2.42. The second-order valence-electron chi connectivity index (χ2n) is 7.74. The number of likely N-dealkylation sites (tertiary alicyclic amines) is 1. The fourth-order valence-electron chi connectivity index (χ4n) is 5.15. The zero-order valence-corrected chi connectivity index (χ0v) is 15.6. The van der Waals surface area contributed by atoms with Gasteiger partial charge in [0.2, 0.25) is 0 Å². The molecule has 0 amide bonds. The maximum atomic E-state index is 13.1. The zero-order valence-electron chi connectivity index (χ0n) is 15.6. The number of H-pyrrole nitrogens is 1. The van der Waals surface area contributed by atoms with E-state index in [1.807, 2.05) is 18.2 Å². The molecule has 1 aliphatic carbocycles. The van der Waals surface area contributed by atoms with Gasteiger partial charge in [0.05, 0.1) is 18.7 Å². The molecule has 1 N–H and O–H groups in total. The van der Waals surface area contributed by atoms with Gasteiger partial charge in [-0.3, -0.25) is 9.59 Å². The Hall–Kier alpha value is -2.14. The van der Waals surface area contributed by atoms with Gasteiger partial charge < -0.3 is 14.6 Å². The van der Waals surface area contributed by atoms with E-state index >= 15 is 0 Å². The van der Waals surface area contributed by atoms with Crippen LogP contribution in [-0.4, -0.2) is 48.4 Å². The van der Waals surface area contributed by atoms with Crippen molar-refractivity contribution in [2.24, 2.45) is 17.8 Å². The Bertz CT molecular complexity index is 856. The Morgan fingerprint density at radius 3 is 2.81 bits per heavy atom. The summed E-state index contributed by atoms with van der Waals surface area (Å²) in [6.07, 6.45) is 2.05. The van der Waals surface area contributed by atoms with Crippen LogP contribution >= 0.6 is 0 Å². The summed E-state index contributed by atoms with van der Waals surface area (Å²) in [5.41, 5.74) is 2.77. The van der Waals surface area contributed by atoms with Crippen molar-refractivity contribution in [1.29, 1.82) is 0 Å².